The number of hydrogen-bond donors (Lipinski definition) is 2. The molecule has 0 aromatic rings. The fourth-order valence-corrected chi connectivity index (χ4v) is 1.12. The molecule has 0 aliphatic heterocycles. The first-order valence-corrected chi connectivity index (χ1v) is 5.31. The third-order valence-electron chi connectivity index (χ3n) is 2.29. The molecule has 2 atom stereocenters. The number of carbonyl (C=O) groups excluding carboxylic acids is 1. The van der Waals surface area contributed by atoms with E-state index in [1.54, 1.807) is 7.11 Å². The molecular formula is C11H24N2O2. The molecule has 0 bridgehead atoms. The van der Waals surface area contributed by atoms with Crippen molar-refractivity contribution in [3.8, 4) is 0 Å². The van der Waals surface area contributed by atoms with Crippen molar-refractivity contribution in [1.29, 1.82) is 0 Å². The molecule has 4 nitrogen and oxygen atoms in total. The molecule has 0 saturated heterocycles. The van der Waals surface area contributed by atoms with E-state index in [1.165, 1.54) is 0 Å². The topological polar surface area (TPSA) is 64.3 Å². The van der Waals surface area contributed by atoms with E-state index >= 15 is 0 Å². The Morgan fingerprint density at radius 1 is 1.47 bits per heavy atom. The van der Waals surface area contributed by atoms with Gasteiger partial charge in [0.15, 0.2) is 0 Å². The van der Waals surface area contributed by atoms with E-state index in [9.17, 15) is 4.79 Å². The minimum atomic E-state index is -0.466. The second-order valence-electron chi connectivity index (χ2n) is 5.15. The molecule has 0 spiro atoms. The van der Waals surface area contributed by atoms with Crippen molar-refractivity contribution >= 4 is 5.91 Å². The van der Waals surface area contributed by atoms with Gasteiger partial charge in [0, 0.05) is 13.7 Å². The molecule has 1 amide bonds. The molecule has 0 saturated carbocycles. The highest BCUT2D eigenvalue weighted by Crippen LogP contribution is 2.17. The van der Waals surface area contributed by atoms with Crippen LogP contribution < -0.4 is 11.1 Å². The van der Waals surface area contributed by atoms with Gasteiger partial charge in [-0.1, -0.05) is 27.7 Å². The minimum Gasteiger partial charge on any atom is -0.384 e. The fourth-order valence-electron chi connectivity index (χ4n) is 1.12. The first-order chi connectivity index (χ1) is 6.79. The van der Waals surface area contributed by atoms with Crippen molar-refractivity contribution in [2.75, 3.05) is 20.3 Å². The number of ether oxygens (including phenoxy) is 1. The van der Waals surface area contributed by atoms with Crippen molar-refractivity contribution in [2.45, 2.75) is 33.7 Å². The Hall–Kier alpha value is -0.610. The average Bonchev–Trinajstić information content (AvgIpc) is 2.12. The quantitative estimate of drug-likeness (QED) is 0.713. The van der Waals surface area contributed by atoms with Gasteiger partial charge in [0.1, 0.15) is 0 Å². The van der Waals surface area contributed by atoms with Gasteiger partial charge in [-0.2, -0.15) is 0 Å². The number of carbonyl (C=O) groups is 1. The van der Waals surface area contributed by atoms with Gasteiger partial charge in [-0.15, -0.1) is 0 Å². The van der Waals surface area contributed by atoms with Gasteiger partial charge in [0.25, 0.3) is 0 Å². The lowest BCUT2D eigenvalue weighted by atomic mass is 9.87. The van der Waals surface area contributed by atoms with Crippen molar-refractivity contribution in [3.63, 3.8) is 0 Å². The maximum absolute atomic E-state index is 11.6. The van der Waals surface area contributed by atoms with E-state index in [0.29, 0.717) is 19.1 Å². The molecule has 15 heavy (non-hydrogen) atoms. The SMILES string of the molecule is COCC(C)CNC(=O)C(N)C(C)(C)C. The third kappa shape index (κ3) is 5.74. The molecule has 2 unspecified atom stereocenters. The van der Waals surface area contributed by atoms with Crippen LogP contribution in [0.25, 0.3) is 0 Å². The van der Waals surface area contributed by atoms with E-state index in [1.807, 2.05) is 27.7 Å². The van der Waals surface area contributed by atoms with Crippen LogP contribution in [0.1, 0.15) is 27.7 Å². The van der Waals surface area contributed by atoms with Gasteiger partial charge < -0.3 is 15.8 Å². The van der Waals surface area contributed by atoms with Crippen LogP contribution in [-0.2, 0) is 9.53 Å². The van der Waals surface area contributed by atoms with Gasteiger partial charge >= 0.3 is 0 Å². The standard InChI is InChI=1S/C11H24N2O2/c1-8(7-15-5)6-13-10(14)9(12)11(2,3)4/h8-9H,6-7,12H2,1-5H3,(H,13,14). The summed E-state index contributed by atoms with van der Waals surface area (Å²) in [5.74, 6) is 0.219. The maximum Gasteiger partial charge on any atom is 0.237 e. The third-order valence-corrected chi connectivity index (χ3v) is 2.29. The van der Waals surface area contributed by atoms with Crippen LogP contribution in [0.2, 0.25) is 0 Å². The largest absolute Gasteiger partial charge is 0.384 e. The van der Waals surface area contributed by atoms with E-state index in [4.69, 9.17) is 10.5 Å². The zero-order valence-electron chi connectivity index (χ0n) is 10.5. The number of nitrogens with one attached hydrogen (secondary N) is 1. The molecule has 4 heteroatoms. The molecule has 0 rings (SSSR count). The van der Waals surface area contributed by atoms with Gasteiger partial charge in [-0.25, -0.2) is 0 Å². The summed E-state index contributed by atoms with van der Waals surface area (Å²) in [4.78, 5) is 11.6. The summed E-state index contributed by atoms with van der Waals surface area (Å²) in [5, 5.41) is 2.83. The van der Waals surface area contributed by atoms with E-state index in [-0.39, 0.29) is 11.3 Å². The number of methoxy groups -OCH3 is 1. The highest BCUT2D eigenvalue weighted by atomic mass is 16.5. The minimum absolute atomic E-state index is 0.0922. The molecule has 90 valence electrons. The zero-order chi connectivity index (χ0) is 12.1. The predicted octanol–water partition coefficient (Wildman–Crippen LogP) is 0.759. The monoisotopic (exact) mass is 216 g/mol. The predicted molar refractivity (Wildman–Crippen MR) is 61.5 cm³/mol. The molecule has 0 aliphatic rings. The van der Waals surface area contributed by atoms with Crippen molar-refractivity contribution in [3.05, 3.63) is 0 Å². The highest BCUT2D eigenvalue weighted by Gasteiger charge is 2.27. The Bertz CT molecular complexity index is 199. The van der Waals surface area contributed by atoms with Gasteiger partial charge in [-0.3, -0.25) is 4.79 Å². The van der Waals surface area contributed by atoms with Crippen LogP contribution >= 0.6 is 0 Å². The number of rotatable bonds is 5. The fraction of sp³-hybridized carbons (Fsp3) is 0.909. The number of amides is 1. The Labute approximate surface area is 92.6 Å². The Kier molecular flexibility index (Phi) is 5.83. The molecule has 0 fully saturated rings. The lowest BCUT2D eigenvalue weighted by Crippen LogP contribution is -2.49. The molecule has 0 aromatic carbocycles. The zero-order valence-corrected chi connectivity index (χ0v) is 10.5. The van der Waals surface area contributed by atoms with E-state index in [2.05, 4.69) is 5.32 Å². The summed E-state index contributed by atoms with van der Waals surface area (Å²) < 4.78 is 4.98. The second-order valence-corrected chi connectivity index (χ2v) is 5.15. The molecule has 0 heterocycles. The summed E-state index contributed by atoms with van der Waals surface area (Å²) >= 11 is 0. The Morgan fingerprint density at radius 3 is 2.40 bits per heavy atom. The molecule has 0 aliphatic carbocycles. The summed E-state index contributed by atoms with van der Waals surface area (Å²) in [6.45, 7) is 9.13. The molecule has 0 aromatic heterocycles. The maximum atomic E-state index is 11.6. The Balaban J connectivity index is 3.94. The van der Waals surface area contributed by atoms with E-state index < -0.39 is 6.04 Å². The highest BCUT2D eigenvalue weighted by molar-refractivity contribution is 5.82. The van der Waals surface area contributed by atoms with Crippen molar-refractivity contribution < 1.29 is 9.53 Å². The van der Waals surface area contributed by atoms with Crippen LogP contribution in [0.3, 0.4) is 0 Å². The van der Waals surface area contributed by atoms with Gasteiger partial charge in [0.2, 0.25) is 5.91 Å². The van der Waals surface area contributed by atoms with Crippen LogP contribution in [0.4, 0.5) is 0 Å². The molecule has 3 N–H and O–H groups in total. The second kappa shape index (κ2) is 6.08. The van der Waals surface area contributed by atoms with Crippen molar-refractivity contribution in [1.82, 2.24) is 5.32 Å². The van der Waals surface area contributed by atoms with Crippen LogP contribution in [0.15, 0.2) is 0 Å². The van der Waals surface area contributed by atoms with Crippen LogP contribution in [0.5, 0.6) is 0 Å². The summed E-state index contributed by atoms with van der Waals surface area (Å²) in [6, 6.07) is -0.466. The van der Waals surface area contributed by atoms with Gasteiger partial charge in [0.05, 0.1) is 12.6 Å². The molecule has 0 radical (unpaired) electrons. The summed E-state index contributed by atoms with van der Waals surface area (Å²) in [5.41, 5.74) is 5.61. The number of nitrogens with two attached hydrogens (primary N) is 1. The lowest BCUT2D eigenvalue weighted by Gasteiger charge is -2.26. The van der Waals surface area contributed by atoms with Crippen LogP contribution in [0, 0.1) is 11.3 Å². The lowest BCUT2D eigenvalue weighted by molar-refractivity contribution is -0.124. The normalized spacial score (nSPS) is 15.9. The molecular weight excluding hydrogens is 192 g/mol. The smallest absolute Gasteiger partial charge is 0.237 e. The first-order valence-electron chi connectivity index (χ1n) is 5.31. The van der Waals surface area contributed by atoms with Gasteiger partial charge in [-0.05, 0) is 11.3 Å². The van der Waals surface area contributed by atoms with Crippen molar-refractivity contribution in [2.24, 2.45) is 17.1 Å². The Morgan fingerprint density at radius 2 is 2.00 bits per heavy atom. The number of hydrogen-bond acceptors (Lipinski definition) is 3. The summed E-state index contributed by atoms with van der Waals surface area (Å²) in [7, 11) is 1.65. The summed E-state index contributed by atoms with van der Waals surface area (Å²) in [6.07, 6.45) is 0. The van der Waals surface area contributed by atoms with Crippen LogP contribution in [-0.4, -0.2) is 32.2 Å². The van der Waals surface area contributed by atoms with E-state index in [0.717, 1.165) is 0 Å². The first kappa shape index (κ1) is 14.4. The average molecular weight is 216 g/mol.